The van der Waals surface area contributed by atoms with Crippen LogP contribution in [0.5, 0.6) is 0 Å². The minimum Gasteiger partial charge on any atom is -0.465 e. The van der Waals surface area contributed by atoms with E-state index in [1.54, 1.807) is 12.1 Å². The Morgan fingerprint density at radius 2 is 1.88 bits per heavy atom. The van der Waals surface area contributed by atoms with Gasteiger partial charge in [-0.05, 0) is 23.8 Å². The summed E-state index contributed by atoms with van der Waals surface area (Å²) in [4.78, 5) is 38.5. The summed E-state index contributed by atoms with van der Waals surface area (Å²) in [6, 6.07) is 13.6. The zero-order valence-corrected chi connectivity index (χ0v) is 12.8. The highest BCUT2D eigenvalue weighted by Gasteiger charge is 2.17. The first-order valence-electron chi connectivity index (χ1n) is 7.14. The lowest BCUT2D eigenvalue weighted by atomic mass is 10.2. The fourth-order valence-corrected chi connectivity index (χ4v) is 2.31. The maximum atomic E-state index is 12.3. The zero-order valence-electron chi connectivity index (χ0n) is 12.8. The number of hydrogen-bond donors (Lipinski definition) is 1. The van der Waals surface area contributed by atoms with Gasteiger partial charge in [0.2, 0.25) is 0 Å². The van der Waals surface area contributed by atoms with Crippen LogP contribution >= 0.6 is 0 Å². The van der Waals surface area contributed by atoms with Crippen LogP contribution in [0.2, 0.25) is 0 Å². The summed E-state index contributed by atoms with van der Waals surface area (Å²) >= 11 is 0. The van der Waals surface area contributed by atoms with Crippen molar-refractivity contribution in [2.75, 3.05) is 7.11 Å². The first-order chi connectivity index (χ1) is 11.6. The predicted octanol–water partition coefficient (Wildman–Crippen LogP) is 2.30. The average molecular weight is 326 g/mol. The number of fused-ring (bicyclic) bond motifs is 1. The molecule has 0 unspecified atom stereocenters. The lowest BCUT2D eigenvalue weighted by Gasteiger charge is -2.06. The van der Waals surface area contributed by atoms with E-state index in [-0.39, 0.29) is 17.7 Å². The molecule has 0 fully saturated rings. The molecule has 1 N–H and O–H groups in total. The maximum absolute atomic E-state index is 12.3. The Balaban J connectivity index is 1.92. The molecule has 7 heteroatoms. The number of H-pyrrole nitrogens is 1. The molecule has 3 aromatic rings. The molecule has 0 saturated heterocycles. The minimum absolute atomic E-state index is 0.0372. The molecule has 0 atom stereocenters. The van der Waals surface area contributed by atoms with Gasteiger partial charge in [-0.1, -0.05) is 30.3 Å². The van der Waals surface area contributed by atoms with E-state index in [1.165, 1.54) is 25.3 Å². The predicted molar refractivity (Wildman–Crippen MR) is 85.9 cm³/mol. The molecule has 24 heavy (non-hydrogen) atoms. The summed E-state index contributed by atoms with van der Waals surface area (Å²) < 4.78 is 10.7. The number of benzene rings is 2. The van der Waals surface area contributed by atoms with Crippen LogP contribution in [0, 0.1) is 0 Å². The van der Waals surface area contributed by atoms with E-state index in [0.717, 1.165) is 10.1 Å². The van der Waals surface area contributed by atoms with Crippen molar-refractivity contribution in [3.63, 3.8) is 0 Å². The first-order valence-corrected chi connectivity index (χ1v) is 7.14. The summed E-state index contributed by atoms with van der Waals surface area (Å²) in [7, 11) is 1.25. The number of ether oxygens (including phenoxy) is 2. The zero-order chi connectivity index (χ0) is 17.1. The number of hydrogen-bond acceptors (Lipinski definition) is 5. The summed E-state index contributed by atoms with van der Waals surface area (Å²) in [6.07, 6.45) is -0.822. The number of nitrogens with zero attached hydrogens (tertiary/aromatic N) is 1. The second-order valence-corrected chi connectivity index (χ2v) is 5.03. The highest BCUT2D eigenvalue weighted by Crippen LogP contribution is 2.14. The number of esters is 1. The van der Waals surface area contributed by atoms with Crippen LogP contribution in [0.15, 0.2) is 53.3 Å². The number of methoxy groups -OCH3 is 1. The van der Waals surface area contributed by atoms with Crippen molar-refractivity contribution in [1.82, 2.24) is 9.55 Å². The number of carbonyl (C=O) groups is 2. The van der Waals surface area contributed by atoms with Crippen molar-refractivity contribution in [3.8, 4) is 0 Å². The summed E-state index contributed by atoms with van der Waals surface area (Å²) in [5.41, 5.74) is 1.07. The number of rotatable bonds is 3. The molecule has 2 aromatic carbocycles. The molecule has 1 heterocycles. The molecule has 0 amide bonds. The van der Waals surface area contributed by atoms with Crippen molar-refractivity contribution >= 4 is 23.1 Å². The Morgan fingerprint density at radius 3 is 2.58 bits per heavy atom. The Morgan fingerprint density at radius 1 is 1.12 bits per heavy atom. The van der Waals surface area contributed by atoms with Gasteiger partial charge in [-0.2, -0.15) is 4.57 Å². The van der Waals surface area contributed by atoms with Crippen molar-refractivity contribution in [3.05, 3.63) is 70.1 Å². The Labute approximate surface area is 136 Å². The van der Waals surface area contributed by atoms with Crippen LogP contribution in [0.1, 0.15) is 15.9 Å². The highest BCUT2D eigenvalue weighted by molar-refractivity contribution is 5.95. The van der Waals surface area contributed by atoms with Gasteiger partial charge >= 0.3 is 17.8 Å². The molecule has 0 spiro atoms. The lowest BCUT2D eigenvalue weighted by molar-refractivity contribution is 0.0600. The number of carbonyl (C=O) groups excluding carboxylic acids is 2. The summed E-state index contributed by atoms with van der Waals surface area (Å²) in [6.45, 7) is 0.0372. The molecule has 0 aliphatic rings. The van der Waals surface area contributed by atoms with Gasteiger partial charge in [0.25, 0.3) is 0 Å². The minimum atomic E-state index is -0.822. The number of aromatic amines is 1. The van der Waals surface area contributed by atoms with Gasteiger partial charge < -0.3 is 14.5 Å². The fourth-order valence-electron chi connectivity index (χ4n) is 2.31. The number of nitrogens with one attached hydrogen (secondary N) is 1. The van der Waals surface area contributed by atoms with Crippen LogP contribution in [0.4, 0.5) is 4.79 Å². The smallest absolute Gasteiger partial charge is 0.423 e. The molecular formula is C17H14N2O5. The quantitative estimate of drug-likeness (QED) is 0.746. The Bertz CT molecular complexity index is 956. The maximum Gasteiger partial charge on any atom is 0.423 e. The van der Waals surface area contributed by atoms with E-state index in [0.29, 0.717) is 5.52 Å². The third-order valence-electron chi connectivity index (χ3n) is 3.49. The van der Waals surface area contributed by atoms with Gasteiger partial charge in [0.05, 0.1) is 23.7 Å². The molecular weight excluding hydrogens is 312 g/mol. The van der Waals surface area contributed by atoms with E-state index < -0.39 is 17.8 Å². The molecule has 122 valence electrons. The SMILES string of the molecule is COC(=O)c1ccc2[nH]c(=O)n(C(=O)OCc3ccccc3)c2c1. The second kappa shape index (κ2) is 6.41. The van der Waals surface area contributed by atoms with Gasteiger partial charge in [-0.25, -0.2) is 14.4 Å². The van der Waals surface area contributed by atoms with Gasteiger partial charge in [-0.3, -0.25) is 0 Å². The van der Waals surface area contributed by atoms with Gasteiger partial charge in [-0.15, -0.1) is 0 Å². The topological polar surface area (TPSA) is 90.4 Å². The summed E-state index contributed by atoms with van der Waals surface area (Å²) in [5, 5.41) is 0. The standard InChI is InChI=1S/C17H14N2O5/c1-23-15(20)12-7-8-13-14(9-12)19(16(21)18-13)17(22)24-10-11-5-3-2-4-6-11/h2-9H,10H2,1H3,(H,18,21). The van der Waals surface area contributed by atoms with E-state index in [9.17, 15) is 14.4 Å². The molecule has 0 aliphatic heterocycles. The lowest BCUT2D eigenvalue weighted by Crippen LogP contribution is -2.25. The second-order valence-electron chi connectivity index (χ2n) is 5.03. The van der Waals surface area contributed by atoms with Crippen LogP contribution in [-0.4, -0.2) is 28.7 Å². The van der Waals surface area contributed by atoms with Crippen LogP contribution in [0.3, 0.4) is 0 Å². The Hall–Kier alpha value is -3.35. The normalized spacial score (nSPS) is 10.5. The third kappa shape index (κ3) is 2.91. The van der Waals surface area contributed by atoms with Crippen molar-refractivity contribution in [1.29, 1.82) is 0 Å². The van der Waals surface area contributed by atoms with Crippen LogP contribution in [0.25, 0.3) is 11.0 Å². The molecule has 3 rings (SSSR count). The van der Waals surface area contributed by atoms with Gasteiger partial charge in [0.15, 0.2) is 0 Å². The van der Waals surface area contributed by atoms with E-state index in [2.05, 4.69) is 9.72 Å². The van der Waals surface area contributed by atoms with E-state index in [4.69, 9.17) is 4.74 Å². The molecule has 0 saturated carbocycles. The molecule has 0 aliphatic carbocycles. The first kappa shape index (κ1) is 15.5. The third-order valence-corrected chi connectivity index (χ3v) is 3.49. The largest absolute Gasteiger partial charge is 0.465 e. The molecule has 7 nitrogen and oxygen atoms in total. The number of imidazole rings is 1. The van der Waals surface area contributed by atoms with Gasteiger partial charge in [0.1, 0.15) is 6.61 Å². The van der Waals surface area contributed by atoms with Crippen molar-refractivity contribution < 1.29 is 19.1 Å². The van der Waals surface area contributed by atoms with Gasteiger partial charge in [0, 0.05) is 0 Å². The fraction of sp³-hybridized carbons (Fsp3) is 0.118. The number of aromatic nitrogens is 2. The molecule has 1 aromatic heterocycles. The molecule has 0 radical (unpaired) electrons. The summed E-state index contributed by atoms with van der Waals surface area (Å²) in [5.74, 6) is -0.560. The van der Waals surface area contributed by atoms with Crippen molar-refractivity contribution in [2.45, 2.75) is 6.61 Å². The Kier molecular flexibility index (Phi) is 4.15. The van der Waals surface area contributed by atoms with Crippen LogP contribution < -0.4 is 5.69 Å². The monoisotopic (exact) mass is 326 g/mol. The average Bonchev–Trinajstić information content (AvgIpc) is 2.94. The highest BCUT2D eigenvalue weighted by atomic mass is 16.5. The van der Waals surface area contributed by atoms with E-state index in [1.807, 2.05) is 18.2 Å². The van der Waals surface area contributed by atoms with Crippen LogP contribution in [-0.2, 0) is 16.1 Å². The molecule has 0 bridgehead atoms. The van der Waals surface area contributed by atoms with E-state index >= 15 is 0 Å². The van der Waals surface area contributed by atoms with Crippen molar-refractivity contribution in [2.24, 2.45) is 0 Å².